The SMILES string of the molecule is CC(N)c1ccc(S(=O)(=O)N(CCO)C(C)C)cc1. The van der Waals surface area contributed by atoms with E-state index in [4.69, 9.17) is 10.8 Å². The first-order valence-corrected chi connectivity index (χ1v) is 7.73. The number of aliphatic hydroxyl groups is 1. The van der Waals surface area contributed by atoms with E-state index in [0.29, 0.717) is 0 Å². The molecule has 0 aliphatic carbocycles. The number of sulfonamides is 1. The van der Waals surface area contributed by atoms with Crippen LogP contribution in [0.3, 0.4) is 0 Å². The third kappa shape index (κ3) is 3.76. The normalized spacial score (nSPS) is 14.1. The molecule has 0 fully saturated rings. The molecule has 1 unspecified atom stereocenters. The Labute approximate surface area is 115 Å². The zero-order valence-corrected chi connectivity index (χ0v) is 12.4. The maximum Gasteiger partial charge on any atom is 0.243 e. The summed E-state index contributed by atoms with van der Waals surface area (Å²) in [5, 5.41) is 8.99. The molecule has 1 rings (SSSR count). The highest BCUT2D eigenvalue weighted by Gasteiger charge is 2.26. The van der Waals surface area contributed by atoms with Crippen molar-refractivity contribution in [2.45, 2.75) is 37.8 Å². The van der Waals surface area contributed by atoms with Gasteiger partial charge in [0.15, 0.2) is 0 Å². The summed E-state index contributed by atoms with van der Waals surface area (Å²) in [6.07, 6.45) is 0. The minimum atomic E-state index is -3.57. The molecule has 0 saturated heterocycles. The van der Waals surface area contributed by atoms with Gasteiger partial charge in [-0.15, -0.1) is 0 Å². The van der Waals surface area contributed by atoms with Crippen molar-refractivity contribution < 1.29 is 13.5 Å². The summed E-state index contributed by atoms with van der Waals surface area (Å²) in [5.41, 5.74) is 6.62. The molecule has 0 heterocycles. The molecule has 0 aliphatic heterocycles. The minimum absolute atomic E-state index is 0.0923. The lowest BCUT2D eigenvalue weighted by Gasteiger charge is -2.25. The molecule has 0 saturated carbocycles. The van der Waals surface area contributed by atoms with Crippen LogP contribution in [0, 0.1) is 0 Å². The molecular formula is C13H22N2O3S. The molecule has 5 nitrogen and oxygen atoms in total. The maximum absolute atomic E-state index is 12.4. The van der Waals surface area contributed by atoms with Gasteiger partial charge >= 0.3 is 0 Å². The smallest absolute Gasteiger partial charge is 0.243 e. The van der Waals surface area contributed by atoms with Crippen molar-refractivity contribution in [1.82, 2.24) is 4.31 Å². The Kier molecular flexibility index (Phi) is 5.49. The van der Waals surface area contributed by atoms with Crippen molar-refractivity contribution in [1.29, 1.82) is 0 Å². The van der Waals surface area contributed by atoms with Crippen LogP contribution in [0.5, 0.6) is 0 Å². The summed E-state index contributed by atoms with van der Waals surface area (Å²) in [4.78, 5) is 0.221. The molecule has 1 aromatic carbocycles. The number of hydrogen-bond acceptors (Lipinski definition) is 4. The summed E-state index contributed by atoms with van der Waals surface area (Å²) >= 11 is 0. The molecule has 19 heavy (non-hydrogen) atoms. The van der Waals surface area contributed by atoms with Crippen molar-refractivity contribution in [3.63, 3.8) is 0 Å². The van der Waals surface area contributed by atoms with Gasteiger partial charge in [0.25, 0.3) is 0 Å². The van der Waals surface area contributed by atoms with Crippen LogP contribution in [0.4, 0.5) is 0 Å². The minimum Gasteiger partial charge on any atom is -0.395 e. The number of benzene rings is 1. The molecule has 6 heteroatoms. The van der Waals surface area contributed by atoms with Gasteiger partial charge in [0.05, 0.1) is 11.5 Å². The Morgan fingerprint density at radius 2 is 1.74 bits per heavy atom. The topological polar surface area (TPSA) is 83.6 Å². The lowest BCUT2D eigenvalue weighted by atomic mass is 10.1. The lowest BCUT2D eigenvalue weighted by Crippen LogP contribution is -2.38. The third-order valence-electron chi connectivity index (χ3n) is 2.91. The summed E-state index contributed by atoms with van der Waals surface area (Å²) in [6, 6.07) is 6.21. The second kappa shape index (κ2) is 6.47. The van der Waals surface area contributed by atoms with Crippen molar-refractivity contribution in [2.24, 2.45) is 5.73 Å². The molecule has 1 aromatic rings. The van der Waals surface area contributed by atoms with Gasteiger partial charge in [-0.3, -0.25) is 0 Å². The first-order chi connectivity index (χ1) is 8.80. The van der Waals surface area contributed by atoms with Crippen LogP contribution in [0.2, 0.25) is 0 Å². The fraction of sp³-hybridized carbons (Fsp3) is 0.538. The average Bonchev–Trinajstić information content (AvgIpc) is 2.35. The zero-order valence-electron chi connectivity index (χ0n) is 11.6. The summed E-state index contributed by atoms with van der Waals surface area (Å²) in [6.45, 7) is 5.30. The highest BCUT2D eigenvalue weighted by molar-refractivity contribution is 7.89. The second-order valence-electron chi connectivity index (χ2n) is 4.79. The number of nitrogens with zero attached hydrogens (tertiary/aromatic N) is 1. The predicted octanol–water partition coefficient (Wildman–Crippen LogP) is 1.10. The van der Waals surface area contributed by atoms with Crippen LogP contribution in [-0.2, 0) is 10.0 Å². The van der Waals surface area contributed by atoms with Gasteiger partial charge in [0.2, 0.25) is 10.0 Å². The predicted molar refractivity (Wildman–Crippen MR) is 75.2 cm³/mol. The van der Waals surface area contributed by atoms with Gasteiger partial charge < -0.3 is 10.8 Å². The average molecular weight is 286 g/mol. The van der Waals surface area contributed by atoms with Gasteiger partial charge in [0, 0.05) is 18.6 Å². The second-order valence-corrected chi connectivity index (χ2v) is 6.68. The highest BCUT2D eigenvalue weighted by atomic mass is 32.2. The Balaban J connectivity index is 3.11. The highest BCUT2D eigenvalue weighted by Crippen LogP contribution is 2.20. The van der Waals surface area contributed by atoms with Crippen LogP contribution < -0.4 is 5.73 Å². The van der Waals surface area contributed by atoms with Crippen LogP contribution in [0.15, 0.2) is 29.2 Å². The standard InChI is InChI=1S/C13H22N2O3S/c1-10(2)15(8-9-16)19(17,18)13-6-4-12(5-7-13)11(3)14/h4-7,10-11,16H,8-9,14H2,1-3H3. The number of hydrogen-bond donors (Lipinski definition) is 2. The van der Waals surface area contributed by atoms with E-state index in [2.05, 4.69) is 0 Å². The van der Waals surface area contributed by atoms with E-state index in [-0.39, 0.29) is 30.1 Å². The molecule has 0 aliphatic rings. The van der Waals surface area contributed by atoms with Gasteiger partial charge in [0.1, 0.15) is 0 Å². The van der Waals surface area contributed by atoms with Crippen LogP contribution in [0.25, 0.3) is 0 Å². The number of nitrogens with two attached hydrogens (primary N) is 1. The van der Waals surface area contributed by atoms with E-state index in [1.165, 1.54) is 4.31 Å². The summed E-state index contributed by atoms with van der Waals surface area (Å²) in [7, 11) is -3.57. The van der Waals surface area contributed by atoms with E-state index >= 15 is 0 Å². The third-order valence-corrected chi connectivity index (χ3v) is 5.00. The Morgan fingerprint density at radius 3 is 2.11 bits per heavy atom. The van der Waals surface area contributed by atoms with Crippen molar-refractivity contribution >= 4 is 10.0 Å². The van der Waals surface area contributed by atoms with E-state index in [1.807, 2.05) is 6.92 Å². The molecule has 0 amide bonds. The van der Waals surface area contributed by atoms with Gasteiger partial charge in [-0.2, -0.15) is 4.31 Å². The molecular weight excluding hydrogens is 264 g/mol. The Bertz CT molecular complexity index is 495. The quantitative estimate of drug-likeness (QED) is 0.820. The van der Waals surface area contributed by atoms with Gasteiger partial charge in [-0.1, -0.05) is 12.1 Å². The maximum atomic E-state index is 12.4. The first-order valence-electron chi connectivity index (χ1n) is 6.29. The molecule has 0 radical (unpaired) electrons. The monoisotopic (exact) mass is 286 g/mol. The first kappa shape index (κ1) is 16.1. The fourth-order valence-corrected chi connectivity index (χ4v) is 3.46. The van der Waals surface area contributed by atoms with E-state index in [9.17, 15) is 8.42 Å². The van der Waals surface area contributed by atoms with E-state index in [0.717, 1.165) is 5.56 Å². The largest absolute Gasteiger partial charge is 0.395 e. The van der Waals surface area contributed by atoms with Crippen molar-refractivity contribution in [3.05, 3.63) is 29.8 Å². The molecule has 1 atom stereocenters. The fourth-order valence-electron chi connectivity index (χ4n) is 1.83. The van der Waals surface area contributed by atoms with Crippen molar-refractivity contribution in [3.8, 4) is 0 Å². The molecule has 3 N–H and O–H groups in total. The zero-order chi connectivity index (χ0) is 14.6. The molecule has 0 aromatic heterocycles. The summed E-state index contributed by atoms with van der Waals surface area (Å²) in [5.74, 6) is 0. The Morgan fingerprint density at radius 1 is 1.21 bits per heavy atom. The summed E-state index contributed by atoms with van der Waals surface area (Å²) < 4.78 is 26.1. The van der Waals surface area contributed by atoms with Gasteiger partial charge in [-0.05, 0) is 38.5 Å². The van der Waals surface area contributed by atoms with E-state index in [1.54, 1.807) is 38.1 Å². The Hall–Kier alpha value is -0.950. The van der Waals surface area contributed by atoms with Crippen LogP contribution in [0.1, 0.15) is 32.4 Å². The number of aliphatic hydroxyl groups excluding tert-OH is 1. The molecule has 108 valence electrons. The van der Waals surface area contributed by atoms with Crippen LogP contribution in [-0.4, -0.2) is 37.0 Å². The van der Waals surface area contributed by atoms with E-state index < -0.39 is 10.0 Å². The van der Waals surface area contributed by atoms with Crippen molar-refractivity contribution in [2.75, 3.05) is 13.2 Å². The van der Waals surface area contributed by atoms with Crippen LogP contribution >= 0.6 is 0 Å². The molecule has 0 spiro atoms. The lowest BCUT2D eigenvalue weighted by molar-refractivity contribution is 0.236. The molecule has 0 bridgehead atoms. The van der Waals surface area contributed by atoms with Gasteiger partial charge in [-0.25, -0.2) is 8.42 Å². The number of rotatable bonds is 6.